The third-order valence-electron chi connectivity index (χ3n) is 5.22. The van der Waals surface area contributed by atoms with Crippen molar-refractivity contribution in [1.82, 2.24) is 14.7 Å². The van der Waals surface area contributed by atoms with Crippen LogP contribution >= 0.6 is 0 Å². The molecule has 2 aromatic carbocycles. The lowest BCUT2D eigenvalue weighted by Crippen LogP contribution is -2.49. The number of benzene rings is 2. The Bertz CT molecular complexity index is 1010. The summed E-state index contributed by atoms with van der Waals surface area (Å²) in [7, 11) is 3.41. The molecule has 29 heavy (non-hydrogen) atoms. The number of nitrogens with zero attached hydrogens (tertiary/aromatic N) is 4. The van der Waals surface area contributed by atoms with E-state index in [2.05, 4.69) is 10.00 Å². The summed E-state index contributed by atoms with van der Waals surface area (Å²) in [5.41, 5.74) is 3.16. The minimum absolute atomic E-state index is 0.0343. The van der Waals surface area contributed by atoms with Gasteiger partial charge in [0.15, 0.2) is 0 Å². The van der Waals surface area contributed by atoms with Gasteiger partial charge in [0.05, 0.1) is 12.8 Å². The molecule has 1 amide bonds. The fourth-order valence-corrected chi connectivity index (χ4v) is 3.57. The van der Waals surface area contributed by atoms with Crippen LogP contribution in [0.2, 0.25) is 0 Å². The maximum absolute atomic E-state index is 13.1. The van der Waals surface area contributed by atoms with E-state index in [1.165, 1.54) is 12.1 Å². The van der Waals surface area contributed by atoms with Crippen molar-refractivity contribution in [3.05, 3.63) is 66.1 Å². The van der Waals surface area contributed by atoms with E-state index in [-0.39, 0.29) is 11.7 Å². The first-order valence-corrected chi connectivity index (χ1v) is 9.53. The number of aromatic nitrogens is 2. The number of ether oxygens (including phenoxy) is 1. The van der Waals surface area contributed by atoms with Crippen molar-refractivity contribution in [2.75, 3.05) is 38.2 Å². The second-order valence-corrected chi connectivity index (χ2v) is 7.03. The quantitative estimate of drug-likeness (QED) is 0.682. The lowest BCUT2D eigenvalue weighted by atomic mass is 10.1. The Morgan fingerprint density at radius 2 is 1.76 bits per heavy atom. The monoisotopic (exact) mass is 394 g/mol. The molecular weight excluding hydrogens is 371 g/mol. The van der Waals surface area contributed by atoms with Crippen molar-refractivity contribution in [2.24, 2.45) is 7.05 Å². The molecule has 1 fully saturated rings. The van der Waals surface area contributed by atoms with Crippen molar-refractivity contribution >= 4 is 11.6 Å². The maximum atomic E-state index is 13.1. The summed E-state index contributed by atoms with van der Waals surface area (Å²) in [6.07, 6.45) is 0. The molecule has 1 aliphatic rings. The van der Waals surface area contributed by atoms with Crippen LogP contribution in [0.25, 0.3) is 11.3 Å². The average Bonchev–Trinajstić information content (AvgIpc) is 3.15. The minimum Gasteiger partial charge on any atom is -0.497 e. The predicted molar refractivity (Wildman–Crippen MR) is 110 cm³/mol. The van der Waals surface area contributed by atoms with Crippen molar-refractivity contribution in [2.45, 2.75) is 0 Å². The molecule has 4 rings (SSSR count). The Hall–Kier alpha value is -3.35. The van der Waals surface area contributed by atoms with Crippen LogP contribution in [-0.4, -0.2) is 53.9 Å². The van der Waals surface area contributed by atoms with E-state index >= 15 is 0 Å². The van der Waals surface area contributed by atoms with E-state index in [1.807, 2.05) is 35.2 Å². The molecule has 0 spiro atoms. The smallest absolute Gasteiger partial charge is 0.272 e. The second kappa shape index (κ2) is 7.95. The molecule has 0 radical (unpaired) electrons. The Kier molecular flexibility index (Phi) is 5.20. The SMILES string of the molecule is COc1cccc(-c2cc(C(=O)N3CCN(c4ccc(F)cc4)CC3)n(C)n2)c1. The Labute approximate surface area is 169 Å². The maximum Gasteiger partial charge on any atom is 0.272 e. The Morgan fingerprint density at radius 1 is 1.03 bits per heavy atom. The largest absolute Gasteiger partial charge is 0.497 e. The van der Waals surface area contributed by atoms with Crippen molar-refractivity contribution in [3.63, 3.8) is 0 Å². The van der Waals surface area contributed by atoms with Crippen LogP contribution in [0.3, 0.4) is 0 Å². The summed E-state index contributed by atoms with van der Waals surface area (Å²) in [6.45, 7) is 2.63. The van der Waals surface area contributed by atoms with Gasteiger partial charge < -0.3 is 14.5 Å². The molecular formula is C22H23FN4O2. The van der Waals surface area contributed by atoms with Crippen molar-refractivity contribution in [3.8, 4) is 17.0 Å². The topological polar surface area (TPSA) is 50.6 Å². The zero-order valence-electron chi connectivity index (χ0n) is 16.5. The number of halogens is 1. The minimum atomic E-state index is -0.245. The average molecular weight is 394 g/mol. The van der Waals surface area contributed by atoms with Crippen LogP contribution in [0.1, 0.15) is 10.5 Å². The number of methoxy groups -OCH3 is 1. The van der Waals surface area contributed by atoms with Gasteiger partial charge in [-0.25, -0.2) is 4.39 Å². The highest BCUT2D eigenvalue weighted by Crippen LogP contribution is 2.24. The Balaban J connectivity index is 1.46. The molecule has 6 nitrogen and oxygen atoms in total. The van der Waals surface area contributed by atoms with Gasteiger partial charge in [-0.3, -0.25) is 9.48 Å². The van der Waals surface area contributed by atoms with E-state index in [0.29, 0.717) is 31.9 Å². The number of hydrogen-bond acceptors (Lipinski definition) is 4. The molecule has 0 aliphatic carbocycles. The molecule has 7 heteroatoms. The standard InChI is InChI=1S/C22H23FN4O2/c1-25-21(15-20(24-25)16-4-3-5-19(14-16)29-2)22(28)27-12-10-26(11-13-27)18-8-6-17(23)7-9-18/h3-9,14-15H,10-13H2,1-2H3. The van der Waals surface area contributed by atoms with Crippen LogP contribution in [-0.2, 0) is 7.05 Å². The highest BCUT2D eigenvalue weighted by molar-refractivity contribution is 5.94. The van der Waals surface area contributed by atoms with Crippen LogP contribution in [0, 0.1) is 5.82 Å². The molecule has 0 atom stereocenters. The molecule has 1 aromatic heterocycles. The molecule has 1 saturated heterocycles. The Morgan fingerprint density at radius 3 is 2.45 bits per heavy atom. The van der Waals surface area contributed by atoms with Gasteiger partial charge in [0.2, 0.25) is 0 Å². The van der Waals surface area contributed by atoms with E-state index in [9.17, 15) is 9.18 Å². The molecule has 150 valence electrons. The van der Waals surface area contributed by atoms with Gasteiger partial charge in [-0.05, 0) is 42.5 Å². The number of rotatable bonds is 4. The number of hydrogen-bond donors (Lipinski definition) is 0. The van der Waals surface area contributed by atoms with Gasteiger partial charge in [0.25, 0.3) is 5.91 Å². The van der Waals surface area contributed by atoms with Crippen LogP contribution in [0.4, 0.5) is 10.1 Å². The predicted octanol–water partition coefficient (Wildman–Crippen LogP) is 3.20. The fourth-order valence-electron chi connectivity index (χ4n) is 3.57. The zero-order valence-corrected chi connectivity index (χ0v) is 16.5. The second-order valence-electron chi connectivity index (χ2n) is 7.03. The summed E-state index contributed by atoms with van der Waals surface area (Å²) in [5, 5.41) is 4.51. The first-order valence-electron chi connectivity index (χ1n) is 9.53. The summed E-state index contributed by atoms with van der Waals surface area (Å²) < 4.78 is 20.0. The molecule has 0 N–H and O–H groups in total. The lowest BCUT2D eigenvalue weighted by Gasteiger charge is -2.36. The highest BCUT2D eigenvalue weighted by Gasteiger charge is 2.25. The van der Waals surface area contributed by atoms with E-state index < -0.39 is 0 Å². The number of aryl methyl sites for hydroxylation is 1. The first-order chi connectivity index (χ1) is 14.0. The lowest BCUT2D eigenvalue weighted by molar-refractivity contribution is 0.0735. The van der Waals surface area contributed by atoms with Crippen molar-refractivity contribution in [1.29, 1.82) is 0 Å². The third-order valence-corrected chi connectivity index (χ3v) is 5.22. The number of carbonyl (C=O) groups is 1. The van der Waals surface area contributed by atoms with Gasteiger partial charge in [-0.15, -0.1) is 0 Å². The van der Waals surface area contributed by atoms with E-state index in [1.54, 1.807) is 31.0 Å². The van der Waals surface area contributed by atoms with Crippen LogP contribution < -0.4 is 9.64 Å². The summed E-state index contributed by atoms with van der Waals surface area (Å²) in [4.78, 5) is 17.0. The van der Waals surface area contributed by atoms with Gasteiger partial charge >= 0.3 is 0 Å². The zero-order chi connectivity index (χ0) is 20.4. The van der Waals surface area contributed by atoms with Crippen molar-refractivity contribution < 1.29 is 13.9 Å². The normalized spacial score (nSPS) is 14.2. The fraction of sp³-hybridized carbons (Fsp3) is 0.273. The summed E-state index contributed by atoms with van der Waals surface area (Å²) >= 11 is 0. The number of amides is 1. The van der Waals surface area contributed by atoms with E-state index in [0.717, 1.165) is 22.7 Å². The van der Waals surface area contributed by atoms with Gasteiger partial charge in [-0.2, -0.15) is 5.10 Å². The van der Waals surface area contributed by atoms with Gasteiger partial charge in [0.1, 0.15) is 17.3 Å². The highest BCUT2D eigenvalue weighted by atomic mass is 19.1. The van der Waals surface area contributed by atoms with Gasteiger partial charge in [0, 0.05) is 44.5 Å². The number of carbonyl (C=O) groups excluding carboxylic acids is 1. The molecule has 1 aliphatic heterocycles. The molecule has 0 unspecified atom stereocenters. The molecule has 3 aromatic rings. The molecule has 0 saturated carbocycles. The van der Waals surface area contributed by atoms with Gasteiger partial charge in [-0.1, -0.05) is 12.1 Å². The van der Waals surface area contributed by atoms with E-state index in [4.69, 9.17) is 4.74 Å². The summed E-state index contributed by atoms with van der Waals surface area (Å²) in [6, 6.07) is 15.9. The molecule has 0 bridgehead atoms. The summed E-state index contributed by atoms with van der Waals surface area (Å²) in [5.74, 6) is 0.469. The third kappa shape index (κ3) is 3.94. The number of anilines is 1. The van der Waals surface area contributed by atoms with Crippen LogP contribution in [0.15, 0.2) is 54.6 Å². The first kappa shape index (κ1) is 19.0. The molecule has 2 heterocycles. The number of piperazine rings is 1. The van der Waals surface area contributed by atoms with Crippen LogP contribution in [0.5, 0.6) is 5.75 Å².